The summed E-state index contributed by atoms with van der Waals surface area (Å²) >= 11 is 0. The van der Waals surface area contributed by atoms with Crippen molar-refractivity contribution in [3.8, 4) is 0 Å². The van der Waals surface area contributed by atoms with Gasteiger partial charge >= 0.3 is 8.80 Å². The molecule has 2 N–H and O–H groups in total. The van der Waals surface area contributed by atoms with Gasteiger partial charge in [-0.05, 0) is 5.70 Å². The van der Waals surface area contributed by atoms with Crippen molar-refractivity contribution in [3.05, 3.63) is 25.1 Å². The SMILES string of the molecule is C=CO[Si](O)(O)C=C. The smallest absolute Gasteiger partial charge is 0.505 e. The van der Waals surface area contributed by atoms with Crippen molar-refractivity contribution < 1.29 is 14.0 Å². The molecular formula is C4H8O3Si. The first-order valence-electron chi connectivity index (χ1n) is 1.99. The fourth-order valence-electron chi connectivity index (χ4n) is 0.171. The monoisotopic (exact) mass is 132 g/mol. The van der Waals surface area contributed by atoms with E-state index in [4.69, 9.17) is 9.59 Å². The van der Waals surface area contributed by atoms with E-state index in [1.165, 1.54) is 0 Å². The third-order valence-electron chi connectivity index (χ3n) is 0.523. The molecule has 46 valence electrons. The van der Waals surface area contributed by atoms with Gasteiger partial charge in [-0.15, -0.1) is 0 Å². The normalized spacial score (nSPS) is 10.2. The van der Waals surface area contributed by atoms with E-state index in [9.17, 15) is 0 Å². The second-order valence-corrected chi connectivity index (χ2v) is 3.11. The minimum absolute atomic E-state index is 0.980. The maximum absolute atomic E-state index is 8.61. The molecule has 0 amide bonds. The highest BCUT2D eigenvalue weighted by atomic mass is 28.4. The van der Waals surface area contributed by atoms with Gasteiger partial charge in [0, 0.05) is 0 Å². The van der Waals surface area contributed by atoms with Crippen LogP contribution in [0.25, 0.3) is 0 Å². The highest BCUT2D eigenvalue weighted by molar-refractivity contribution is 6.63. The molecule has 0 saturated carbocycles. The fraction of sp³-hybridized carbons (Fsp3) is 0. The molecule has 0 aromatic rings. The predicted molar refractivity (Wildman–Crippen MR) is 31.7 cm³/mol. The van der Waals surface area contributed by atoms with Gasteiger partial charge in [-0.25, -0.2) is 0 Å². The summed E-state index contributed by atoms with van der Waals surface area (Å²) in [6.07, 6.45) is 0.980. The predicted octanol–water partition coefficient (Wildman–Crippen LogP) is -0.205. The van der Waals surface area contributed by atoms with Crippen LogP contribution >= 0.6 is 0 Å². The Morgan fingerprint density at radius 2 is 1.88 bits per heavy atom. The summed E-state index contributed by atoms with van der Waals surface area (Å²) in [6, 6.07) is 0. The molecule has 0 unspecified atom stereocenters. The van der Waals surface area contributed by atoms with Crippen LogP contribution in [0.5, 0.6) is 0 Å². The third kappa shape index (κ3) is 2.57. The van der Waals surface area contributed by atoms with Crippen LogP contribution in [0.15, 0.2) is 25.1 Å². The Hall–Kier alpha value is -0.583. The van der Waals surface area contributed by atoms with E-state index in [1.807, 2.05) is 0 Å². The molecule has 4 heteroatoms. The zero-order valence-corrected chi connectivity index (χ0v) is 5.37. The molecule has 0 saturated heterocycles. The van der Waals surface area contributed by atoms with Crippen LogP contribution < -0.4 is 0 Å². The number of rotatable bonds is 3. The molecule has 0 atom stereocenters. The van der Waals surface area contributed by atoms with E-state index in [2.05, 4.69) is 17.6 Å². The van der Waals surface area contributed by atoms with Crippen LogP contribution in [0.4, 0.5) is 0 Å². The van der Waals surface area contributed by atoms with Gasteiger partial charge in [-0.2, -0.15) is 0 Å². The quantitative estimate of drug-likeness (QED) is 0.413. The molecule has 0 aliphatic rings. The number of hydrogen-bond donors (Lipinski definition) is 2. The lowest BCUT2D eigenvalue weighted by Crippen LogP contribution is -2.34. The fourth-order valence-corrected chi connectivity index (χ4v) is 0.512. The molecule has 0 radical (unpaired) electrons. The van der Waals surface area contributed by atoms with Gasteiger partial charge in [-0.1, -0.05) is 13.2 Å². The zero-order valence-electron chi connectivity index (χ0n) is 4.37. The number of hydrogen-bond acceptors (Lipinski definition) is 3. The van der Waals surface area contributed by atoms with Crippen molar-refractivity contribution in [2.24, 2.45) is 0 Å². The van der Waals surface area contributed by atoms with Crippen molar-refractivity contribution in [2.45, 2.75) is 0 Å². The molecule has 0 aromatic heterocycles. The third-order valence-corrected chi connectivity index (χ3v) is 1.57. The lowest BCUT2D eigenvalue weighted by atomic mass is 11.2. The van der Waals surface area contributed by atoms with E-state index in [0.29, 0.717) is 0 Å². The zero-order chi connectivity index (χ0) is 6.62. The van der Waals surface area contributed by atoms with Gasteiger partial charge in [0.2, 0.25) is 0 Å². The van der Waals surface area contributed by atoms with Gasteiger partial charge in [0.1, 0.15) is 0 Å². The molecule has 0 bridgehead atoms. The highest BCUT2D eigenvalue weighted by Gasteiger charge is 2.27. The summed E-state index contributed by atoms with van der Waals surface area (Å²) in [7, 11) is -3.53. The van der Waals surface area contributed by atoms with Crippen LogP contribution in [0.2, 0.25) is 0 Å². The van der Waals surface area contributed by atoms with Crippen LogP contribution in [-0.4, -0.2) is 18.4 Å². The van der Waals surface area contributed by atoms with E-state index < -0.39 is 8.80 Å². The van der Waals surface area contributed by atoms with Gasteiger partial charge in [0.05, 0.1) is 6.26 Å². The second-order valence-electron chi connectivity index (χ2n) is 1.15. The summed E-state index contributed by atoms with van der Waals surface area (Å²) < 4.78 is 4.27. The van der Waals surface area contributed by atoms with Crippen molar-refractivity contribution in [3.63, 3.8) is 0 Å². The molecule has 0 aromatic carbocycles. The summed E-state index contributed by atoms with van der Waals surface area (Å²) in [5.41, 5.74) is 0.981. The maximum Gasteiger partial charge on any atom is 0.588 e. The van der Waals surface area contributed by atoms with E-state index in [1.54, 1.807) is 0 Å². The standard InChI is InChI=1S/C4H8O3Si/c1-3-7-8(5,6)4-2/h3-6H,1-2H2. The molecule has 0 aliphatic carbocycles. The van der Waals surface area contributed by atoms with Gasteiger partial charge in [0.25, 0.3) is 0 Å². The highest BCUT2D eigenvalue weighted by Crippen LogP contribution is 1.94. The average Bonchev–Trinajstić information content (AvgIpc) is 1.67. The van der Waals surface area contributed by atoms with Crippen LogP contribution in [0.3, 0.4) is 0 Å². The Kier molecular flexibility index (Phi) is 2.46. The van der Waals surface area contributed by atoms with Gasteiger partial charge in [-0.3, -0.25) is 0 Å². The topological polar surface area (TPSA) is 49.7 Å². The van der Waals surface area contributed by atoms with E-state index >= 15 is 0 Å². The molecule has 0 aliphatic heterocycles. The molecule has 0 fully saturated rings. The van der Waals surface area contributed by atoms with Crippen molar-refractivity contribution in [2.75, 3.05) is 0 Å². The Labute approximate surface area is 48.9 Å². The van der Waals surface area contributed by atoms with Gasteiger partial charge in [0.15, 0.2) is 0 Å². The van der Waals surface area contributed by atoms with E-state index in [-0.39, 0.29) is 0 Å². The molecule has 0 rings (SSSR count). The molecule has 8 heavy (non-hydrogen) atoms. The first-order chi connectivity index (χ1) is 3.62. The second kappa shape index (κ2) is 2.66. The van der Waals surface area contributed by atoms with Gasteiger partial charge < -0.3 is 14.0 Å². The van der Waals surface area contributed by atoms with Crippen LogP contribution in [0.1, 0.15) is 0 Å². The summed E-state index contributed by atoms with van der Waals surface area (Å²) in [6.45, 7) is 6.28. The minimum Gasteiger partial charge on any atom is -0.505 e. The lowest BCUT2D eigenvalue weighted by molar-refractivity contribution is 0.229. The Bertz CT molecular complexity index is 99.5. The largest absolute Gasteiger partial charge is 0.588 e. The molecule has 0 spiro atoms. The average molecular weight is 132 g/mol. The summed E-state index contributed by atoms with van der Waals surface area (Å²) in [4.78, 5) is 17.2. The van der Waals surface area contributed by atoms with Crippen molar-refractivity contribution in [1.29, 1.82) is 0 Å². The minimum atomic E-state index is -3.53. The maximum atomic E-state index is 8.61. The van der Waals surface area contributed by atoms with E-state index in [0.717, 1.165) is 12.0 Å². The van der Waals surface area contributed by atoms with Crippen LogP contribution in [-0.2, 0) is 4.43 Å². The van der Waals surface area contributed by atoms with Crippen LogP contribution in [0, 0.1) is 0 Å². The molecule has 0 heterocycles. The first kappa shape index (κ1) is 7.42. The lowest BCUT2D eigenvalue weighted by Gasteiger charge is -2.08. The molecule has 3 nitrogen and oxygen atoms in total. The Morgan fingerprint density at radius 1 is 1.38 bits per heavy atom. The Balaban J connectivity index is 3.70. The molecular weight excluding hydrogens is 124 g/mol. The van der Waals surface area contributed by atoms with Crippen molar-refractivity contribution >= 4 is 8.80 Å². The summed E-state index contributed by atoms with van der Waals surface area (Å²) in [5, 5.41) is 0. The van der Waals surface area contributed by atoms with Crippen molar-refractivity contribution in [1.82, 2.24) is 0 Å². The first-order valence-corrected chi connectivity index (χ1v) is 3.87. The summed E-state index contributed by atoms with van der Waals surface area (Å²) in [5.74, 6) is 0. The Morgan fingerprint density at radius 3 is 2.00 bits per heavy atom.